The number of benzene rings is 2. The molecule has 0 unspecified atom stereocenters. The van der Waals surface area contributed by atoms with Crippen molar-refractivity contribution >= 4 is 11.0 Å². The molecule has 1 fully saturated rings. The van der Waals surface area contributed by atoms with Crippen LogP contribution in [-0.4, -0.2) is 9.55 Å². The topological polar surface area (TPSA) is 41.6 Å². The summed E-state index contributed by atoms with van der Waals surface area (Å²) in [6.45, 7) is 0. The molecule has 102 valence electrons. The molecule has 3 aromatic rings. The van der Waals surface area contributed by atoms with Crippen LogP contribution in [0.5, 0.6) is 0 Å². The van der Waals surface area contributed by atoms with Crippen LogP contribution in [0.25, 0.3) is 22.4 Å². The van der Waals surface area contributed by atoms with E-state index in [1.165, 1.54) is 12.1 Å². The molecule has 0 bridgehead atoms. The van der Waals surface area contributed by atoms with Gasteiger partial charge in [0.25, 0.3) is 0 Å². The van der Waals surface area contributed by atoms with Crippen LogP contribution in [0.2, 0.25) is 0 Å². The summed E-state index contributed by atoms with van der Waals surface area (Å²) in [7, 11) is 0. The molecule has 3 nitrogen and oxygen atoms in total. The van der Waals surface area contributed by atoms with Crippen molar-refractivity contribution in [1.82, 2.24) is 9.55 Å². The zero-order valence-corrected chi connectivity index (χ0v) is 11.3. The van der Waals surface area contributed by atoms with Crippen LogP contribution in [0, 0.1) is 17.1 Å². The van der Waals surface area contributed by atoms with Crippen LogP contribution in [0.4, 0.5) is 4.39 Å². The van der Waals surface area contributed by atoms with Crippen LogP contribution in [0.15, 0.2) is 42.5 Å². The van der Waals surface area contributed by atoms with Crippen molar-refractivity contribution in [3.8, 4) is 17.5 Å². The van der Waals surface area contributed by atoms with Gasteiger partial charge in [-0.05, 0) is 43.2 Å². The molecular formula is C17H12FN3. The highest BCUT2D eigenvalue weighted by Gasteiger charge is 2.28. The maximum Gasteiger partial charge on any atom is 0.141 e. The Morgan fingerprint density at radius 3 is 2.76 bits per heavy atom. The van der Waals surface area contributed by atoms with Gasteiger partial charge in [0.2, 0.25) is 0 Å². The van der Waals surface area contributed by atoms with E-state index in [0.717, 1.165) is 35.3 Å². The lowest BCUT2D eigenvalue weighted by Gasteiger charge is -2.07. The SMILES string of the molecule is N#Cc1ccc2c(c1)nc(-c1cccc(F)c1)n2C1CC1. The molecule has 0 radical (unpaired) electrons. The van der Waals surface area contributed by atoms with Crippen LogP contribution in [-0.2, 0) is 0 Å². The Balaban J connectivity index is 1.99. The van der Waals surface area contributed by atoms with Gasteiger partial charge in [-0.15, -0.1) is 0 Å². The highest BCUT2D eigenvalue weighted by Crippen LogP contribution is 2.41. The van der Waals surface area contributed by atoms with Crippen LogP contribution >= 0.6 is 0 Å². The predicted octanol–water partition coefficient (Wildman–Crippen LogP) is 4.05. The standard InChI is InChI=1S/C17H12FN3/c18-13-3-1-2-12(9-13)17-20-15-8-11(10-19)4-7-16(15)21(17)14-5-6-14/h1-4,7-9,14H,5-6H2. The number of nitriles is 1. The fourth-order valence-corrected chi connectivity index (χ4v) is 2.70. The summed E-state index contributed by atoms with van der Waals surface area (Å²) in [6, 6.07) is 14.6. The smallest absolute Gasteiger partial charge is 0.141 e. The number of nitrogens with zero attached hydrogens (tertiary/aromatic N) is 3. The van der Waals surface area contributed by atoms with E-state index in [-0.39, 0.29) is 5.82 Å². The van der Waals surface area contributed by atoms with E-state index in [1.807, 2.05) is 12.1 Å². The fraction of sp³-hybridized carbons (Fsp3) is 0.176. The van der Waals surface area contributed by atoms with Gasteiger partial charge in [-0.25, -0.2) is 9.37 Å². The summed E-state index contributed by atoms with van der Waals surface area (Å²) in [5.74, 6) is 0.515. The Morgan fingerprint density at radius 1 is 1.19 bits per heavy atom. The number of hydrogen-bond donors (Lipinski definition) is 0. The first-order valence-corrected chi connectivity index (χ1v) is 6.94. The largest absolute Gasteiger partial charge is 0.321 e. The average molecular weight is 277 g/mol. The highest BCUT2D eigenvalue weighted by atomic mass is 19.1. The molecule has 0 saturated heterocycles. The first-order valence-electron chi connectivity index (χ1n) is 6.94. The summed E-state index contributed by atoms with van der Waals surface area (Å²) in [4.78, 5) is 4.64. The van der Waals surface area contributed by atoms with Crippen molar-refractivity contribution in [1.29, 1.82) is 5.26 Å². The molecule has 4 heteroatoms. The average Bonchev–Trinajstić information content (AvgIpc) is 3.26. The lowest BCUT2D eigenvalue weighted by Crippen LogP contribution is -1.97. The summed E-state index contributed by atoms with van der Waals surface area (Å²) < 4.78 is 15.7. The first kappa shape index (κ1) is 12.1. The summed E-state index contributed by atoms with van der Waals surface area (Å²) in [6.07, 6.45) is 2.24. The third kappa shape index (κ3) is 1.98. The van der Waals surface area contributed by atoms with Crippen molar-refractivity contribution in [3.05, 3.63) is 53.8 Å². The van der Waals surface area contributed by atoms with Gasteiger partial charge in [0.1, 0.15) is 11.6 Å². The summed E-state index contributed by atoms with van der Waals surface area (Å²) in [5, 5.41) is 9.01. The lowest BCUT2D eigenvalue weighted by atomic mass is 10.2. The third-order valence-corrected chi connectivity index (χ3v) is 3.81. The molecule has 21 heavy (non-hydrogen) atoms. The number of hydrogen-bond acceptors (Lipinski definition) is 2. The van der Waals surface area contributed by atoms with E-state index in [2.05, 4.69) is 15.6 Å². The van der Waals surface area contributed by atoms with Gasteiger partial charge in [-0.3, -0.25) is 0 Å². The van der Waals surface area contributed by atoms with Gasteiger partial charge in [-0.2, -0.15) is 5.26 Å². The molecule has 1 saturated carbocycles. The molecule has 1 aromatic heterocycles. The maximum atomic E-state index is 13.5. The van der Waals surface area contributed by atoms with Crippen molar-refractivity contribution in [2.24, 2.45) is 0 Å². The zero-order chi connectivity index (χ0) is 14.4. The summed E-state index contributed by atoms with van der Waals surface area (Å²) >= 11 is 0. The minimum Gasteiger partial charge on any atom is -0.321 e. The second-order valence-electron chi connectivity index (χ2n) is 5.36. The molecule has 1 heterocycles. The Hall–Kier alpha value is -2.67. The number of rotatable bonds is 2. The molecule has 0 amide bonds. The third-order valence-electron chi connectivity index (χ3n) is 3.81. The molecular weight excluding hydrogens is 265 g/mol. The van der Waals surface area contributed by atoms with Crippen molar-refractivity contribution < 1.29 is 4.39 Å². The maximum absolute atomic E-state index is 13.5. The van der Waals surface area contributed by atoms with Crippen LogP contribution in [0.1, 0.15) is 24.4 Å². The van der Waals surface area contributed by atoms with E-state index in [0.29, 0.717) is 11.6 Å². The number of aromatic nitrogens is 2. The quantitative estimate of drug-likeness (QED) is 0.709. The van der Waals surface area contributed by atoms with Gasteiger partial charge < -0.3 is 4.57 Å². The van der Waals surface area contributed by atoms with Gasteiger partial charge in [0, 0.05) is 11.6 Å². The minimum absolute atomic E-state index is 0.264. The molecule has 0 N–H and O–H groups in total. The molecule has 2 aromatic carbocycles. The Kier molecular flexibility index (Phi) is 2.55. The Bertz CT molecular complexity index is 885. The molecule has 0 atom stereocenters. The van der Waals surface area contributed by atoms with Crippen LogP contribution < -0.4 is 0 Å². The number of halogens is 1. The van der Waals surface area contributed by atoms with Gasteiger partial charge in [0.15, 0.2) is 0 Å². The number of imidazole rings is 1. The lowest BCUT2D eigenvalue weighted by molar-refractivity contribution is 0.628. The van der Waals surface area contributed by atoms with Gasteiger partial charge >= 0.3 is 0 Å². The molecule has 1 aliphatic carbocycles. The highest BCUT2D eigenvalue weighted by molar-refractivity contribution is 5.82. The van der Waals surface area contributed by atoms with Crippen LogP contribution in [0.3, 0.4) is 0 Å². The monoisotopic (exact) mass is 277 g/mol. The predicted molar refractivity (Wildman–Crippen MR) is 78.1 cm³/mol. The van der Waals surface area contributed by atoms with Gasteiger partial charge in [-0.1, -0.05) is 12.1 Å². The Labute approximate surface area is 121 Å². The zero-order valence-electron chi connectivity index (χ0n) is 11.3. The van der Waals surface area contributed by atoms with E-state index in [9.17, 15) is 4.39 Å². The number of fused-ring (bicyclic) bond motifs is 1. The first-order chi connectivity index (χ1) is 10.3. The molecule has 0 spiro atoms. The van der Waals surface area contributed by atoms with Crippen molar-refractivity contribution in [3.63, 3.8) is 0 Å². The van der Waals surface area contributed by atoms with Crippen molar-refractivity contribution in [2.75, 3.05) is 0 Å². The molecule has 4 rings (SSSR count). The summed E-state index contributed by atoms with van der Waals surface area (Å²) in [5.41, 5.74) is 3.17. The second-order valence-corrected chi connectivity index (χ2v) is 5.36. The van der Waals surface area contributed by atoms with E-state index >= 15 is 0 Å². The molecule has 1 aliphatic rings. The Morgan fingerprint density at radius 2 is 2.05 bits per heavy atom. The minimum atomic E-state index is -0.264. The fourth-order valence-electron chi connectivity index (χ4n) is 2.70. The normalized spacial score (nSPS) is 14.3. The van der Waals surface area contributed by atoms with E-state index < -0.39 is 0 Å². The van der Waals surface area contributed by atoms with E-state index in [1.54, 1.807) is 18.2 Å². The second kappa shape index (κ2) is 4.42. The molecule has 0 aliphatic heterocycles. The van der Waals surface area contributed by atoms with Gasteiger partial charge in [0.05, 0.1) is 22.7 Å². The van der Waals surface area contributed by atoms with E-state index in [4.69, 9.17) is 5.26 Å². The van der Waals surface area contributed by atoms with Crippen molar-refractivity contribution in [2.45, 2.75) is 18.9 Å².